The topological polar surface area (TPSA) is 49.4 Å². The first-order valence-corrected chi connectivity index (χ1v) is 10.8. The molecule has 0 radical (unpaired) electrons. The van der Waals surface area contributed by atoms with Gasteiger partial charge in [0.05, 0.1) is 17.4 Å². The largest absolute Gasteiger partial charge is 0.357 e. The monoisotopic (exact) mass is 464 g/mol. The fourth-order valence-electron chi connectivity index (χ4n) is 4.44. The summed E-state index contributed by atoms with van der Waals surface area (Å²) in [6.07, 6.45) is 2.07. The number of ketones is 1. The molecule has 1 atom stereocenters. The smallest absolute Gasteiger partial charge is 0.259 e. The van der Waals surface area contributed by atoms with Crippen molar-refractivity contribution >= 4 is 47.1 Å². The minimum absolute atomic E-state index is 0. The molecule has 1 aliphatic carbocycles. The Bertz CT molecular complexity index is 1190. The quantitative estimate of drug-likeness (QED) is 0.465. The molecule has 2 aliphatic rings. The molecule has 3 aromatic rings. The van der Waals surface area contributed by atoms with Gasteiger partial charge in [-0.15, -0.1) is 12.4 Å². The van der Waals surface area contributed by atoms with Crippen LogP contribution in [0, 0.1) is 0 Å². The molecular formula is C26H22Cl2N2O2. The molecular weight excluding hydrogens is 443 g/mol. The van der Waals surface area contributed by atoms with E-state index in [9.17, 15) is 9.59 Å². The van der Waals surface area contributed by atoms with Crippen molar-refractivity contribution in [2.75, 3.05) is 10.2 Å². The Labute approximate surface area is 198 Å². The van der Waals surface area contributed by atoms with Crippen LogP contribution in [0.3, 0.4) is 0 Å². The number of carbonyl (C=O) groups excluding carboxylic acids is 2. The number of rotatable bonds is 2. The van der Waals surface area contributed by atoms with Gasteiger partial charge < -0.3 is 5.32 Å². The molecule has 6 heteroatoms. The van der Waals surface area contributed by atoms with Gasteiger partial charge in [-0.2, -0.15) is 0 Å². The maximum absolute atomic E-state index is 13.9. The second kappa shape index (κ2) is 9.19. The highest BCUT2D eigenvalue weighted by Crippen LogP contribution is 2.45. The molecule has 0 bridgehead atoms. The average molecular weight is 465 g/mol. The Morgan fingerprint density at radius 1 is 0.906 bits per heavy atom. The summed E-state index contributed by atoms with van der Waals surface area (Å²) in [4.78, 5) is 28.9. The molecule has 4 nitrogen and oxygen atoms in total. The van der Waals surface area contributed by atoms with E-state index in [0.717, 1.165) is 35.5 Å². The minimum Gasteiger partial charge on any atom is -0.357 e. The molecule has 162 valence electrons. The maximum atomic E-state index is 13.9. The number of allylic oxidation sites excluding steroid dienone is 1. The van der Waals surface area contributed by atoms with Gasteiger partial charge >= 0.3 is 0 Å². The summed E-state index contributed by atoms with van der Waals surface area (Å²) in [5.74, 6) is -0.0868. The van der Waals surface area contributed by atoms with Gasteiger partial charge in [0.1, 0.15) is 0 Å². The summed E-state index contributed by atoms with van der Waals surface area (Å²) in [6, 6.07) is 23.9. The van der Waals surface area contributed by atoms with Crippen molar-refractivity contribution in [1.29, 1.82) is 0 Å². The number of carbonyl (C=O) groups is 2. The number of amides is 1. The molecule has 5 rings (SSSR count). The van der Waals surface area contributed by atoms with Gasteiger partial charge in [0.15, 0.2) is 5.78 Å². The number of fused-ring (bicyclic) bond motifs is 1. The maximum Gasteiger partial charge on any atom is 0.259 e. The molecule has 1 amide bonds. The van der Waals surface area contributed by atoms with E-state index in [1.54, 1.807) is 29.2 Å². The normalized spacial score (nSPS) is 17.5. The van der Waals surface area contributed by atoms with Crippen LogP contribution in [0.5, 0.6) is 0 Å². The third-order valence-electron chi connectivity index (χ3n) is 5.86. The molecule has 32 heavy (non-hydrogen) atoms. The second-order valence-electron chi connectivity index (χ2n) is 7.81. The standard InChI is InChI=1S/C26H21ClN2O2.ClH/c27-19-15-13-18(14-16-19)26(31)29-22-11-5-4-9-20(22)28-21-10-6-12-23(30)24(21)25(29)17-7-2-1-3-8-17;/h1-5,7-9,11,13-16,25,28H,6,10,12H2;1H. The van der Waals surface area contributed by atoms with Crippen LogP contribution in [0.4, 0.5) is 11.4 Å². The van der Waals surface area contributed by atoms with Gasteiger partial charge in [-0.3, -0.25) is 14.5 Å². The van der Waals surface area contributed by atoms with Crippen LogP contribution >= 0.6 is 24.0 Å². The summed E-state index contributed by atoms with van der Waals surface area (Å²) < 4.78 is 0. The third kappa shape index (κ3) is 3.92. The lowest BCUT2D eigenvalue weighted by atomic mass is 9.85. The fourth-order valence-corrected chi connectivity index (χ4v) is 4.57. The number of hydrogen-bond donors (Lipinski definition) is 1. The van der Waals surface area contributed by atoms with E-state index in [2.05, 4.69) is 5.32 Å². The van der Waals surface area contributed by atoms with E-state index in [-0.39, 0.29) is 24.1 Å². The second-order valence-corrected chi connectivity index (χ2v) is 8.24. The zero-order chi connectivity index (χ0) is 21.4. The Hall–Kier alpha value is -3.08. The number of hydrogen-bond acceptors (Lipinski definition) is 3. The number of halogens is 2. The molecule has 0 saturated carbocycles. The van der Waals surface area contributed by atoms with Gasteiger partial charge in [0, 0.05) is 28.3 Å². The number of nitrogens with zero attached hydrogens (tertiary/aromatic N) is 1. The van der Waals surface area contributed by atoms with Crippen molar-refractivity contribution < 1.29 is 9.59 Å². The third-order valence-corrected chi connectivity index (χ3v) is 6.11. The number of benzene rings is 3. The molecule has 0 aromatic heterocycles. The number of anilines is 2. The molecule has 3 aromatic carbocycles. The van der Waals surface area contributed by atoms with E-state index in [0.29, 0.717) is 22.6 Å². The zero-order valence-corrected chi connectivity index (χ0v) is 18.8. The Morgan fingerprint density at radius 2 is 1.59 bits per heavy atom. The molecule has 1 N–H and O–H groups in total. The molecule has 0 saturated heterocycles. The van der Waals surface area contributed by atoms with E-state index in [1.165, 1.54) is 0 Å². The minimum atomic E-state index is -0.511. The Morgan fingerprint density at radius 3 is 2.34 bits per heavy atom. The van der Waals surface area contributed by atoms with Crippen LogP contribution in [-0.4, -0.2) is 11.7 Å². The summed E-state index contributed by atoms with van der Waals surface area (Å²) in [5, 5.41) is 4.05. The first kappa shape index (κ1) is 22.1. The van der Waals surface area contributed by atoms with Crippen LogP contribution in [0.1, 0.15) is 41.2 Å². The lowest BCUT2D eigenvalue weighted by Crippen LogP contribution is -2.38. The molecule has 0 fully saturated rings. The van der Waals surface area contributed by atoms with Gasteiger partial charge in [-0.25, -0.2) is 0 Å². The predicted molar refractivity (Wildman–Crippen MR) is 131 cm³/mol. The molecule has 1 heterocycles. The van der Waals surface area contributed by atoms with Crippen LogP contribution in [0.2, 0.25) is 5.02 Å². The van der Waals surface area contributed by atoms with E-state index in [4.69, 9.17) is 11.6 Å². The van der Waals surface area contributed by atoms with Crippen molar-refractivity contribution in [1.82, 2.24) is 0 Å². The Kier molecular flexibility index (Phi) is 6.35. The van der Waals surface area contributed by atoms with Crippen molar-refractivity contribution in [3.8, 4) is 0 Å². The van der Waals surface area contributed by atoms with Crippen molar-refractivity contribution in [2.24, 2.45) is 0 Å². The van der Waals surface area contributed by atoms with Crippen molar-refractivity contribution in [3.63, 3.8) is 0 Å². The van der Waals surface area contributed by atoms with E-state index >= 15 is 0 Å². The SMILES string of the molecule is Cl.O=C1CCCC2=C1C(c1ccccc1)N(C(=O)c1ccc(Cl)cc1)c1ccccc1N2. The lowest BCUT2D eigenvalue weighted by molar-refractivity contribution is -0.116. The van der Waals surface area contributed by atoms with Gasteiger partial charge in [0.2, 0.25) is 0 Å². The first-order chi connectivity index (χ1) is 15.1. The highest BCUT2D eigenvalue weighted by Gasteiger charge is 2.39. The highest BCUT2D eigenvalue weighted by atomic mass is 35.5. The van der Waals surface area contributed by atoms with Crippen LogP contribution < -0.4 is 10.2 Å². The predicted octanol–water partition coefficient (Wildman–Crippen LogP) is 6.58. The van der Waals surface area contributed by atoms with E-state index in [1.807, 2.05) is 54.6 Å². The van der Waals surface area contributed by atoms with Crippen LogP contribution in [0.15, 0.2) is 90.1 Å². The summed E-state index contributed by atoms with van der Waals surface area (Å²) >= 11 is 6.06. The highest BCUT2D eigenvalue weighted by molar-refractivity contribution is 6.30. The summed E-state index contributed by atoms with van der Waals surface area (Å²) in [5.41, 5.74) is 4.59. The van der Waals surface area contributed by atoms with Crippen LogP contribution in [-0.2, 0) is 4.79 Å². The number of para-hydroxylation sites is 2. The van der Waals surface area contributed by atoms with E-state index < -0.39 is 6.04 Å². The van der Waals surface area contributed by atoms with Crippen molar-refractivity contribution in [3.05, 3.63) is 106 Å². The first-order valence-electron chi connectivity index (χ1n) is 10.4. The van der Waals surface area contributed by atoms with Gasteiger partial charge in [0.25, 0.3) is 5.91 Å². The number of Topliss-reactive ketones (excluding diaryl/α,β-unsaturated/α-hetero) is 1. The molecule has 1 aliphatic heterocycles. The fraction of sp³-hybridized carbons (Fsp3) is 0.154. The van der Waals surface area contributed by atoms with Gasteiger partial charge in [-0.05, 0) is 54.8 Å². The average Bonchev–Trinajstić information content (AvgIpc) is 2.95. The Balaban J connectivity index is 0.00000245. The molecule has 1 unspecified atom stereocenters. The zero-order valence-electron chi connectivity index (χ0n) is 17.3. The lowest BCUT2D eigenvalue weighted by Gasteiger charge is -2.34. The van der Waals surface area contributed by atoms with Crippen molar-refractivity contribution in [2.45, 2.75) is 25.3 Å². The van der Waals surface area contributed by atoms with Gasteiger partial charge in [-0.1, -0.05) is 54.1 Å². The summed E-state index contributed by atoms with van der Waals surface area (Å²) in [6.45, 7) is 0. The molecule has 0 spiro atoms. The van der Waals surface area contributed by atoms with Crippen LogP contribution in [0.25, 0.3) is 0 Å². The number of nitrogens with one attached hydrogen (secondary N) is 1. The summed E-state index contributed by atoms with van der Waals surface area (Å²) in [7, 11) is 0.